The standard InChI is InChI=1S/C13H15N3OS2/c17-11(16-5-2-1-3-6-16)8-19-13-12-10(4-7-18-12)14-9-15-13/h4,7,9H,1-3,5-6,8H2. The van der Waals surface area contributed by atoms with Crippen molar-refractivity contribution in [2.24, 2.45) is 0 Å². The second kappa shape index (κ2) is 5.88. The molecule has 1 fully saturated rings. The van der Waals surface area contributed by atoms with Crippen LogP contribution in [-0.2, 0) is 4.79 Å². The number of rotatable bonds is 3. The van der Waals surface area contributed by atoms with Crippen molar-refractivity contribution in [3.63, 3.8) is 0 Å². The molecule has 1 aliphatic rings. The highest BCUT2D eigenvalue weighted by Crippen LogP contribution is 2.28. The lowest BCUT2D eigenvalue weighted by molar-refractivity contribution is -0.129. The maximum atomic E-state index is 12.1. The van der Waals surface area contributed by atoms with E-state index in [0.29, 0.717) is 5.75 Å². The Morgan fingerprint density at radius 2 is 2.16 bits per heavy atom. The third-order valence-corrected chi connectivity index (χ3v) is 5.27. The van der Waals surface area contributed by atoms with Crippen LogP contribution in [0.25, 0.3) is 10.2 Å². The minimum absolute atomic E-state index is 0.230. The van der Waals surface area contributed by atoms with Crippen molar-refractivity contribution >= 4 is 39.2 Å². The smallest absolute Gasteiger partial charge is 0.232 e. The predicted molar refractivity (Wildman–Crippen MR) is 78.6 cm³/mol. The van der Waals surface area contributed by atoms with Gasteiger partial charge >= 0.3 is 0 Å². The van der Waals surface area contributed by atoms with Crippen LogP contribution in [0.1, 0.15) is 19.3 Å². The number of carbonyl (C=O) groups excluding carboxylic acids is 1. The van der Waals surface area contributed by atoms with Gasteiger partial charge in [0.15, 0.2) is 0 Å². The molecule has 0 spiro atoms. The Morgan fingerprint density at radius 3 is 3.00 bits per heavy atom. The van der Waals surface area contributed by atoms with Gasteiger partial charge in [0.05, 0.1) is 16.0 Å². The lowest BCUT2D eigenvalue weighted by atomic mass is 10.1. The maximum absolute atomic E-state index is 12.1. The quantitative estimate of drug-likeness (QED) is 0.645. The first kappa shape index (κ1) is 12.9. The number of fused-ring (bicyclic) bond motifs is 1. The molecule has 0 N–H and O–H groups in total. The van der Waals surface area contributed by atoms with Gasteiger partial charge in [-0.05, 0) is 30.7 Å². The van der Waals surface area contributed by atoms with Gasteiger partial charge in [-0.25, -0.2) is 9.97 Å². The molecule has 0 unspecified atom stereocenters. The summed E-state index contributed by atoms with van der Waals surface area (Å²) in [7, 11) is 0. The Bertz CT molecular complexity index is 578. The third kappa shape index (κ3) is 2.90. The molecule has 19 heavy (non-hydrogen) atoms. The SMILES string of the molecule is O=C(CSc1ncnc2ccsc12)N1CCCCC1. The van der Waals surface area contributed by atoms with Crippen LogP contribution < -0.4 is 0 Å². The van der Waals surface area contributed by atoms with Crippen LogP contribution >= 0.6 is 23.1 Å². The Balaban J connectivity index is 1.65. The second-order valence-corrected chi connectivity index (χ2v) is 6.42. The summed E-state index contributed by atoms with van der Waals surface area (Å²) in [4.78, 5) is 22.6. The van der Waals surface area contributed by atoms with Gasteiger partial charge in [-0.1, -0.05) is 11.8 Å². The van der Waals surface area contributed by atoms with Gasteiger partial charge in [0.25, 0.3) is 0 Å². The first-order valence-corrected chi connectivity index (χ1v) is 8.30. The summed E-state index contributed by atoms with van der Waals surface area (Å²) in [5.41, 5.74) is 0.966. The highest BCUT2D eigenvalue weighted by Gasteiger charge is 2.17. The number of nitrogens with zero attached hydrogens (tertiary/aromatic N) is 3. The van der Waals surface area contributed by atoms with Crippen LogP contribution in [0.5, 0.6) is 0 Å². The first-order valence-electron chi connectivity index (χ1n) is 6.43. The van der Waals surface area contributed by atoms with Gasteiger partial charge in [-0.3, -0.25) is 4.79 Å². The summed E-state index contributed by atoms with van der Waals surface area (Å²) < 4.78 is 1.08. The van der Waals surface area contributed by atoms with Crippen LogP contribution in [0.15, 0.2) is 22.8 Å². The minimum atomic E-state index is 0.230. The van der Waals surface area contributed by atoms with Crippen LogP contribution in [0, 0.1) is 0 Å². The number of thiophene rings is 1. The summed E-state index contributed by atoms with van der Waals surface area (Å²) in [6.45, 7) is 1.83. The number of carbonyl (C=O) groups is 1. The van der Waals surface area contributed by atoms with Gasteiger partial charge in [0, 0.05) is 13.1 Å². The van der Waals surface area contributed by atoms with Crippen molar-refractivity contribution in [2.75, 3.05) is 18.8 Å². The summed E-state index contributed by atoms with van der Waals surface area (Å²) in [6.07, 6.45) is 5.10. The molecule has 4 nitrogen and oxygen atoms in total. The highest BCUT2D eigenvalue weighted by atomic mass is 32.2. The molecule has 3 rings (SSSR count). The van der Waals surface area contributed by atoms with E-state index in [1.54, 1.807) is 17.7 Å². The normalized spacial score (nSPS) is 15.9. The lowest BCUT2D eigenvalue weighted by Crippen LogP contribution is -2.36. The van der Waals surface area contributed by atoms with E-state index in [-0.39, 0.29) is 5.91 Å². The monoisotopic (exact) mass is 293 g/mol. The summed E-state index contributed by atoms with van der Waals surface area (Å²) in [5.74, 6) is 0.706. The van der Waals surface area contributed by atoms with E-state index in [2.05, 4.69) is 9.97 Å². The van der Waals surface area contributed by atoms with Gasteiger partial charge in [0.1, 0.15) is 11.4 Å². The van der Waals surface area contributed by atoms with Crippen molar-refractivity contribution in [1.29, 1.82) is 0 Å². The fourth-order valence-electron chi connectivity index (χ4n) is 2.23. The molecule has 0 atom stereocenters. The molecule has 6 heteroatoms. The van der Waals surface area contributed by atoms with Crippen molar-refractivity contribution in [1.82, 2.24) is 14.9 Å². The van der Waals surface area contributed by atoms with E-state index in [0.717, 1.165) is 41.2 Å². The molecule has 2 aromatic heterocycles. The van der Waals surface area contributed by atoms with Crippen LogP contribution in [0.2, 0.25) is 0 Å². The van der Waals surface area contributed by atoms with Crippen LogP contribution in [0.3, 0.4) is 0 Å². The molecule has 1 aliphatic heterocycles. The van der Waals surface area contributed by atoms with E-state index in [4.69, 9.17) is 0 Å². The third-order valence-electron chi connectivity index (χ3n) is 3.25. The van der Waals surface area contributed by atoms with Gasteiger partial charge in [-0.2, -0.15) is 0 Å². The number of piperidine rings is 1. The Morgan fingerprint density at radius 1 is 1.32 bits per heavy atom. The zero-order chi connectivity index (χ0) is 13.1. The summed E-state index contributed by atoms with van der Waals surface area (Å²) in [6, 6.07) is 1.98. The average Bonchev–Trinajstić information content (AvgIpc) is 2.94. The van der Waals surface area contributed by atoms with E-state index in [9.17, 15) is 4.79 Å². The van der Waals surface area contributed by atoms with Gasteiger partial charge in [0.2, 0.25) is 5.91 Å². The lowest BCUT2D eigenvalue weighted by Gasteiger charge is -2.26. The van der Waals surface area contributed by atoms with Crippen molar-refractivity contribution in [2.45, 2.75) is 24.3 Å². The Hall–Kier alpha value is -1.14. The number of likely N-dealkylation sites (tertiary alicyclic amines) is 1. The van der Waals surface area contributed by atoms with Crippen molar-refractivity contribution < 1.29 is 4.79 Å². The highest BCUT2D eigenvalue weighted by molar-refractivity contribution is 8.00. The molecule has 1 amide bonds. The van der Waals surface area contributed by atoms with E-state index >= 15 is 0 Å². The van der Waals surface area contributed by atoms with Gasteiger partial charge < -0.3 is 4.90 Å². The first-order chi connectivity index (χ1) is 9.34. The molecule has 0 bridgehead atoms. The van der Waals surface area contributed by atoms with E-state index in [1.165, 1.54) is 18.2 Å². The van der Waals surface area contributed by atoms with Gasteiger partial charge in [-0.15, -0.1) is 11.3 Å². The molecule has 1 saturated heterocycles. The van der Waals surface area contributed by atoms with Crippen molar-refractivity contribution in [3.8, 4) is 0 Å². The number of amides is 1. The van der Waals surface area contributed by atoms with Crippen LogP contribution in [-0.4, -0.2) is 39.6 Å². The minimum Gasteiger partial charge on any atom is -0.342 e. The Kier molecular flexibility index (Phi) is 3.98. The zero-order valence-electron chi connectivity index (χ0n) is 10.5. The molecule has 0 radical (unpaired) electrons. The maximum Gasteiger partial charge on any atom is 0.232 e. The molecule has 0 aromatic carbocycles. The summed E-state index contributed by atoms with van der Waals surface area (Å²) in [5, 5.41) is 2.93. The van der Waals surface area contributed by atoms with E-state index < -0.39 is 0 Å². The number of aromatic nitrogens is 2. The van der Waals surface area contributed by atoms with E-state index in [1.807, 2.05) is 16.3 Å². The van der Waals surface area contributed by atoms with Crippen LogP contribution in [0.4, 0.5) is 0 Å². The topological polar surface area (TPSA) is 46.1 Å². The molecule has 3 heterocycles. The molecule has 0 saturated carbocycles. The average molecular weight is 293 g/mol. The molecule has 0 aliphatic carbocycles. The number of hydrogen-bond acceptors (Lipinski definition) is 5. The Labute approximate surface area is 120 Å². The fraction of sp³-hybridized carbons (Fsp3) is 0.462. The fourth-order valence-corrected chi connectivity index (χ4v) is 4.08. The molecule has 2 aromatic rings. The molecular weight excluding hydrogens is 278 g/mol. The number of thioether (sulfide) groups is 1. The second-order valence-electron chi connectivity index (χ2n) is 4.54. The van der Waals surface area contributed by atoms with Crippen molar-refractivity contribution in [3.05, 3.63) is 17.8 Å². The predicted octanol–water partition coefficient (Wildman–Crippen LogP) is 2.80. The summed E-state index contributed by atoms with van der Waals surface area (Å²) >= 11 is 3.15. The largest absolute Gasteiger partial charge is 0.342 e. The molecule has 100 valence electrons. The zero-order valence-corrected chi connectivity index (χ0v) is 12.2. The number of hydrogen-bond donors (Lipinski definition) is 0. The molecular formula is C13H15N3OS2.